The number of rotatable bonds is 6. The molecule has 0 bridgehead atoms. The van der Waals surface area contributed by atoms with Crippen LogP contribution in [0.25, 0.3) is 16.7 Å². The lowest BCUT2D eigenvalue weighted by molar-refractivity contribution is -0.118. The van der Waals surface area contributed by atoms with Crippen LogP contribution in [0.1, 0.15) is 11.4 Å². The van der Waals surface area contributed by atoms with Crippen LogP contribution in [0, 0.1) is 6.92 Å². The zero-order chi connectivity index (χ0) is 20.4. The van der Waals surface area contributed by atoms with Crippen molar-refractivity contribution in [2.24, 2.45) is 7.05 Å². The van der Waals surface area contributed by atoms with Crippen molar-refractivity contribution in [2.75, 3.05) is 5.75 Å². The van der Waals surface area contributed by atoms with Crippen molar-refractivity contribution >= 4 is 40.3 Å². The Morgan fingerprint density at radius 3 is 2.86 bits per heavy atom. The molecule has 0 spiro atoms. The number of halogens is 1. The lowest BCUT2D eigenvalue weighted by Crippen LogP contribution is -2.26. The molecule has 0 atom stereocenters. The normalized spacial score (nSPS) is 11.1. The van der Waals surface area contributed by atoms with Gasteiger partial charge in [0.2, 0.25) is 5.91 Å². The van der Waals surface area contributed by atoms with E-state index in [1.54, 1.807) is 6.33 Å². The molecule has 2 aromatic heterocycles. The van der Waals surface area contributed by atoms with E-state index < -0.39 is 0 Å². The van der Waals surface area contributed by atoms with Gasteiger partial charge in [0.1, 0.15) is 12.2 Å². The number of benzene rings is 2. The maximum atomic E-state index is 12.3. The quantitative estimate of drug-likeness (QED) is 0.477. The molecule has 0 saturated carbocycles. The third-order valence-electron chi connectivity index (χ3n) is 4.61. The summed E-state index contributed by atoms with van der Waals surface area (Å²) in [5, 5.41) is 12.3. The van der Waals surface area contributed by atoms with Crippen LogP contribution in [0.4, 0.5) is 0 Å². The Balaban J connectivity index is 1.38. The molecule has 148 valence electrons. The van der Waals surface area contributed by atoms with Gasteiger partial charge in [0.25, 0.3) is 0 Å². The van der Waals surface area contributed by atoms with Gasteiger partial charge in [-0.3, -0.25) is 9.36 Å². The van der Waals surface area contributed by atoms with Crippen molar-refractivity contribution in [2.45, 2.75) is 18.6 Å². The number of nitrogens with zero attached hydrogens (tertiary/aromatic N) is 5. The van der Waals surface area contributed by atoms with Gasteiger partial charge in [-0.1, -0.05) is 41.6 Å². The number of imidazole rings is 1. The number of fused-ring (bicyclic) bond motifs is 1. The van der Waals surface area contributed by atoms with Gasteiger partial charge in [-0.05, 0) is 36.8 Å². The van der Waals surface area contributed by atoms with E-state index in [4.69, 9.17) is 11.6 Å². The minimum atomic E-state index is -0.0986. The molecule has 0 radical (unpaired) electrons. The number of nitrogens with one attached hydrogen (secondary N) is 1. The van der Waals surface area contributed by atoms with Crippen molar-refractivity contribution < 1.29 is 4.79 Å². The zero-order valence-corrected chi connectivity index (χ0v) is 17.5. The summed E-state index contributed by atoms with van der Waals surface area (Å²) < 4.78 is 3.80. The minimum Gasteiger partial charge on any atom is -0.348 e. The third-order valence-corrected chi connectivity index (χ3v) is 5.96. The average molecular weight is 427 g/mol. The second kappa shape index (κ2) is 8.26. The maximum Gasteiger partial charge on any atom is 0.230 e. The Kier molecular flexibility index (Phi) is 5.55. The molecule has 4 rings (SSSR count). The summed E-state index contributed by atoms with van der Waals surface area (Å²) in [6, 6.07) is 13.6. The predicted octanol–water partition coefficient (Wildman–Crippen LogP) is 3.52. The molecule has 1 N–H and O–H groups in total. The highest BCUT2D eigenvalue weighted by Gasteiger charge is 2.12. The minimum absolute atomic E-state index is 0.0986. The first-order valence-corrected chi connectivity index (χ1v) is 10.4. The number of thioether (sulfide) groups is 1. The Hall–Kier alpha value is -2.84. The van der Waals surface area contributed by atoms with E-state index in [9.17, 15) is 4.79 Å². The van der Waals surface area contributed by atoms with Gasteiger partial charge < -0.3 is 9.88 Å². The fourth-order valence-electron chi connectivity index (χ4n) is 2.94. The Morgan fingerprint density at radius 1 is 1.24 bits per heavy atom. The van der Waals surface area contributed by atoms with Crippen LogP contribution in [-0.4, -0.2) is 36.0 Å². The monoisotopic (exact) mass is 426 g/mol. The summed E-state index contributed by atoms with van der Waals surface area (Å²) in [6.07, 6.45) is 1.61. The molecule has 0 aliphatic rings. The fourth-order valence-corrected chi connectivity index (χ4v) is 3.88. The molecule has 29 heavy (non-hydrogen) atoms. The second-order valence-corrected chi connectivity index (χ2v) is 7.91. The van der Waals surface area contributed by atoms with E-state index >= 15 is 0 Å². The van der Waals surface area contributed by atoms with Crippen molar-refractivity contribution in [3.63, 3.8) is 0 Å². The summed E-state index contributed by atoms with van der Waals surface area (Å²) >= 11 is 7.54. The van der Waals surface area contributed by atoms with Crippen LogP contribution < -0.4 is 5.32 Å². The van der Waals surface area contributed by atoms with Crippen LogP contribution in [0.3, 0.4) is 0 Å². The van der Waals surface area contributed by atoms with Gasteiger partial charge in [0.15, 0.2) is 5.16 Å². The number of carbonyl (C=O) groups excluding carboxylic acids is 1. The molecule has 0 unspecified atom stereocenters. The smallest absolute Gasteiger partial charge is 0.230 e. The molecule has 0 saturated heterocycles. The summed E-state index contributed by atoms with van der Waals surface area (Å²) in [5.74, 6) is 0.933. The number of hydrogen-bond donors (Lipinski definition) is 1. The highest BCUT2D eigenvalue weighted by Crippen LogP contribution is 2.23. The van der Waals surface area contributed by atoms with Crippen molar-refractivity contribution in [1.82, 2.24) is 29.6 Å². The van der Waals surface area contributed by atoms with E-state index in [0.717, 1.165) is 28.1 Å². The number of aromatic nitrogens is 5. The molecule has 4 aromatic rings. The number of hydrogen-bond acceptors (Lipinski definition) is 5. The van der Waals surface area contributed by atoms with E-state index in [1.807, 2.05) is 65.6 Å². The standard InChI is InChI=1S/C20H19ClN6OS/c1-13-7-8-14(9-15(13)21)27-12-23-25-20(27)29-11-19(28)22-10-18-24-16-5-3-4-6-17(16)26(18)2/h3-9,12H,10-11H2,1-2H3,(H,22,28). The molecule has 9 heteroatoms. The molecule has 0 aliphatic heterocycles. The van der Waals surface area contributed by atoms with Crippen LogP contribution in [0.15, 0.2) is 53.9 Å². The Labute approximate surface area is 177 Å². The molecule has 0 aliphatic carbocycles. The third kappa shape index (κ3) is 4.13. The number of para-hydroxylation sites is 2. The van der Waals surface area contributed by atoms with Crippen LogP contribution in [0.5, 0.6) is 0 Å². The summed E-state index contributed by atoms with van der Waals surface area (Å²) in [7, 11) is 1.95. The van der Waals surface area contributed by atoms with Crippen molar-refractivity contribution in [3.05, 3.63) is 65.2 Å². The molecule has 0 fully saturated rings. The van der Waals surface area contributed by atoms with Gasteiger partial charge in [-0.25, -0.2) is 4.98 Å². The number of carbonyl (C=O) groups is 1. The summed E-state index contributed by atoms with van der Waals surface area (Å²) in [5.41, 5.74) is 3.81. The molecular weight excluding hydrogens is 408 g/mol. The van der Waals surface area contributed by atoms with Gasteiger partial charge in [-0.2, -0.15) is 0 Å². The Morgan fingerprint density at radius 2 is 2.07 bits per heavy atom. The molecule has 2 aromatic carbocycles. The molecule has 7 nitrogen and oxygen atoms in total. The first kappa shape index (κ1) is 19.5. The van der Waals surface area contributed by atoms with Crippen molar-refractivity contribution in [3.8, 4) is 5.69 Å². The lowest BCUT2D eigenvalue weighted by Gasteiger charge is -2.08. The van der Waals surface area contributed by atoms with Gasteiger partial charge in [0, 0.05) is 12.1 Å². The first-order chi connectivity index (χ1) is 14.0. The van der Waals surface area contributed by atoms with Crippen LogP contribution >= 0.6 is 23.4 Å². The average Bonchev–Trinajstić information content (AvgIpc) is 3.32. The van der Waals surface area contributed by atoms with E-state index in [0.29, 0.717) is 16.7 Å². The van der Waals surface area contributed by atoms with Crippen molar-refractivity contribution in [1.29, 1.82) is 0 Å². The summed E-state index contributed by atoms with van der Waals surface area (Å²) in [4.78, 5) is 16.9. The van der Waals surface area contributed by atoms with Gasteiger partial charge in [0.05, 0.1) is 29.0 Å². The molecular formula is C20H19ClN6OS. The highest BCUT2D eigenvalue weighted by molar-refractivity contribution is 7.99. The second-order valence-electron chi connectivity index (χ2n) is 6.56. The van der Waals surface area contributed by atoms with Crippen LogP contribution in [-0.2, 0) is 18.4 Å². The first-order valence-electron chi connectivity index (χ1n) is 8.99. The van der Waals surface area contributed by atoms with E-state index in [2.05, 4.69) is 20.5 Å². The number of aryl methyl sites for hydroxylation is 2. The van der Waals surface area contributed by atoms with E-state index in [-0.39, 0.29) is 11.7 Å². The topological polar surface area (TPSA) is 77.6 Å². The number of amides is 1. The SMILES string of the molecule is Cc1ccc(-n2cnnc2SCC(=O)NCc2nc3ccccc3n2C)cc1Cl. The Bertz CT molecular complexity index is 1180. The van der Waals surface area contributed by atoms with Gasteiger partial charge in [-0.15, -0.1) is 10.2 Å². The lowest BCUT2D eigenvalue weighted by atomic mass is 10.2. The fraction of sp³-hybridized carbons (Fsp3) is 0.200. The van der Waals surface area contributed by atoms with E-state index in [1.165, 1.54) is 11.8 Å². The highest BCUT2D eigenvalue weighted by atomic mass is 35.5. The largest absolute Gasteiger partial charge is 0.348 e. The van der Waals surface area contributed by atoms with Crippen LogP contribution in [0.2, 0.25) is 5.02 Å². The molecule has 2 heterocycles. The zero-order valence-electron chi connectivity index (χ0n) is 16.0. The van der Waals surface area contributed by atoms with Gasteiger partial charge >= 0.3 is 0 Å². The maximum absolute atomic E-state index is 12.3. The predicted molar refractivity (Wildman–Crippen MR) is 114 cm³/mol. The molecule has 1 amide bonds. The summed E-state index contributed by atoms with van der Waals surface area (Å²) in [6.45, 7) is 2.31.